The van der Waals surface area contributed by atoms with Crippen molar-refractivity contribution in [1.29, 1.82) is 5.26 Å². The summed E-state index contributed by atoms with van der Waals surface area (Å²) < 4.78 is 23.5. The molecule has 4 fully saturated rings. The van der Waals surface area contributed by atoms with Gasteiger partial charge in [-0.25, -0.2) is 8.42 Å². The molecule has 6 atom stereocenters. The number of carbonyl (C=O) groups excluding carboxylic acids is 1. The Hall–Kier alpha value is -2.11. The smallest absolute Gasteiger partial charge is 0.241 e. The zero-order chi connectivity index (χ0) is 21.2. The number of hydrogen-bond donors (Lipinski definition) is 1. The summed E-state index contributed by atoms with van der Waals surface area (Å²) in [5.41, 5.74) is 7.53. The Bertz CT molecular complexity index is 988. The lowest BCUT2D eigenvalue weighted by Gasteiger charge is -2.42. The molecule has 0 aromatic heterocycles. The summed E-state index contributed by atoms with van der Waals surface area (Å²) >= 11 is 0. The van der Waals surface area contributed by atoms with E-state index >= 15 is 0 Å². The Morgan fingerprint density at radius 3 is 2.33 bits per heavy atom. The van der Waals surface area contributed by atoms with Crippen LogP contribution in [0.5, 0.6) is 0 Å². The standard InChI is InChI=1S/C22H28N4O3S/c1-30(28,29)19-6-4-15(5-7-19)25-16-2-3-17(25)10-14(9-16)21(24)22(27)26-18(12-23)8-13-11-20(13)26/h4-7,13-14,16-18,20-21H,2-3,8-11,24H2,1H3/t13-,14?,16?,17?,18+,20+,21+/m1/s1. The number of nitrogens with two attached hydrogens (primary N) is 1. The van der Waals surface area contributed by atoms with Crippen LogP contribution in [0.25, 0.3) is 0 Å². The number of piperidine rings is 2. The number of sulfone groups is 1. The highest BCUT2D eigenvalue weighted by Gasteiger charge is 2.55. The van der Waals surface area contributed by atoms with E-state index in [9.17, 15) is 18.5 Å². The van der Waals surface area contributed by atoms with Gasteiger partial charge in [0, 0.05) is 30.1 Å². The van der Waals surface area contributed by atoms with E-state index in [1.165, 1.54) is 6.26 Å². The summed E-state index contributed by atoms with van der Waals surface area (Å²) in [5.74, 6) is 0.583. The molecule has 8 heteroatoms. The molecule has 3 saturated heterocycles. The lowest BCUT2D eigenvalue weighted by atomic mass is 9.84. The van der Waals surface area contributed by atoms with Crippen molar-refractivity contribution in [3.8, 4) is 6.07 Å². The predicted octanol–water partition coefficient (Wildman–Crippen LogP) is 1.68. The molecule has 1 amide bonds. The average molecular weight is 429 g/mol. The van der Waals surface area contributed by atoms with Crippen molar-refractivity contribution in [3.63, 3.8) is 0 Å². The first-order valence-corrected chi connectivity index (χ1v) is 12.7. The molecule has 2 bridgehead atoms. The molecule has 30 heavy (non-hydrogen) atoms. The third kappa shape index (κ3) is 3.19. The van der Waals surface area contributed by atoms with E-state index in [4.69, 9.17) is 5.73 Å². The molecule has 1 aromatic rings. The number of anilines is 1. The molecule has 2 unspecified atom stereocenters. The van der Waals surface area contributed by atoms with Crippen molar-refractivity contribution in [2.24, 2.45) is 17.6 Å². The van der Waals surface area contributed by atoms with Crippen LogP contribution in [-0.2, 0) is 14.6 Å². The van der Waals surface area contributed by atoms with Crippen molar-refractivity contribution in [1.82, 2.24) is 4.90 Å². The van der Waals surface area contributed by atoms with Crippen molar-refractivity contribution < 1.29 is 13.2 Å². The van der Waals surface area contributed by atoms with Gasteiger partial charge in [0.2, 0.25) is 5.91 Å². The molecule has 1 saturated carbocycles. The number of rotatable bonds is 4. The Morgan fingerprint density at radius 1 is 1.13 bits per heavy atom. The lowest BCUT2D eigenvalue weighted by Crippen LogP contribution is -2.54. The summed E-state index contributed by atoms with van der Waals surface area (Å²) in [7, 11) is -3.21. The van der Waals surface area contributed by atoms with Gasteiger partial charge in [-0.3, -0.25) is 4.79 Å². The van der Waals surface area contributed by atoms with Crippen LogP contribution in [-0.4, -0.2) is 55.7 Å². The molecule has 3 heterocycles. The van der Waals surface area contributed by atoms with Gasteiger partial charge in [-0.05, 0) is 74.6 Å². The largest absolute Gasteiger partial charge is 0.366 e. The molecule has 7 nitrogen and oxygen atoms in total. The van der Waals surface area contributed by atoms with Gasteiger partial charge in [0.25, 0.3) is 0 Å². The van der Waals surface area contributed by atoms with E-state index < -0.39 is 15.9 Å². The third-order valence-electron chi connectivity index (χ3n) is 7.63. The van der Waals surface area contributed by atoms with Gasteiger partial charge in [0.05, 0.1) is 17.0 Å². The van der Waals surface area contributed by atoms with E-state index in [2.05, 4.69) is 11.0 Å². The highest BCUT2D eigenvalue weighted by Crippen LogP contribution is 2.49. The van der Waals surface area contributed by atoms with E-state index in [1.54, 1.807) is 17.0 Å². The van der Waals surface area contributed by atoms with E-state index in [1.807, 2.05) is 12.1 Å². The van der Waals surface area contributed by atoms with Crippen LogP contribution >= 0.6 is 0 Å². The SMILES string of the molecule is CS(=O)(=O)c1ccc(N2C3CCC2CC([C@H](N)C(=O)N2[C@H](C#N)C[C@@H]4C[C@@H]42)C3)cc1. The monoisotopic (exact) mass is 428 g/mol. The summed E-state index contributed by atoms with van der Waals surface area (Å²) in [5, 5.41) is 9.41. The predicted molar refractivity (Wildman–Crippen MR) is 112 cm³/mol. The fraction of sp³-hybridized carbons (Fsp3) is 0.636. The number of nitriles is 1. The maximum atomic E-state index is 13.1. The van der Waals surface area contributed by atoms with Crippen molar-refractivity contribution in [2.75, 3.05) is 11.2 Å². The van der Waals surface area contributed by atoms with Crippen molar-refractivity contribution in [2.45, 2.75) is 73.6 Å². The lowest BCUT2D eigenvalue weighted by molar-refractivity contribution is -0.135. The Kier molecular flexibility index (Phi) is 4.60. The van der Waals surface area contributed by atoms with Crippen LogP contribution in [0.2, 0.25) is 0 Å². The van der Waals surface area contributed by atoms with Crippen LogP contribution < -0.4 is 10.6 Å². The second-order valence-corrected chi connectivity index (χ2v) is 11.5. The first kappa shape index (κ1) is 19.8. The molecule has 1 aromatic carbocycles. The molecule has 4 aliphatic rings. The zero-order valence-electron chi connectivity index (χ0n) is 17.1. The van der Waals surface area contributed by atoms with Gasteiger partial charge in [-0.2, -0.15) is 5.26 Å². The number of benzene rings is 1. The van der Waals surface area contributed by atoms with E-state index in [-0.39, 0.29) is 23.9 Å². The first-order valence-electron chi connectivity index (χ1n) is 10.8. The maximum absolute atomic E-state index is 13.1. The van der Waals surface area contributed by atoms with E-state index in [0.29, 0.717) is 22.9 Å². The van der Waals surface area contributed by atoms with Crippen LogP contribution in [0.1, 0.15) is 38.5 Å². The fourth-order valence-corrected chi connectivity index (χ4v) is 6.69. The number of hydrogen-bond acceptors (Lipinski definition) is 6. The van der Waals surface area contributed by atoms with Gasteiger partial charge in [0.1, 0.15) is 6.04 Å². The summed E-state index contributed by atoms with van der Waals surface area (Å²) in [4.78, 5) is 17.7. The van der Waals surface area contributed by atoms with Gasteiger partial charge < -0.3 is 15.5 Å². The van der Waals surface area contributed by atoms with Crippen LogP contribution in [0.15, 0.2) is 29.2 Å². The van der Waals surface area contributed by atoms with Crippen LogP contribution in [0, 0.1) is 23.2 Å². The third-order valence-corrected chi connectivity index (χ3v) is 8.76. The molecular weight excluding hydrogens is 400 g/mol. The first-order chi connectivity index (χ1) is 14.3. The van der Waals surface area contributed by atoms with Gasteiger partial charge in [-0.1, -0.05) is 0 Å². The summed E-state index contributed by atoms with van der Waals surface area (Å²) in [6.07, 6.45) is 6.87. The molecule has 0 spiro atoms. The molecule has 1 aliphatic carbocycles. The Morgan fingerprint density at radius 2 is 1.77 bits per heavy atom. The number of nitrogens with zero attached hydrogens (tertiary/aromatic N) is 3. The topological polar surface area (TPSA) is 108 Å². The Labute approximate surface area is 177 Å². The van der Waals surface area contributed by atoms with Crippen molar-refractivity contribution >= 4 is 21.4 Å². The zero-order valence-corrected chi connectivity index (χ0v) is 18.0. The maximum Gasteiger partial charge on any atom is 0.241 e. The Balaban J connectivity index is 1.29. The molecule has 160 valence electrons. The second-order valence-electron chi connectivity index (χ2n) is 9.50. The number of fused-ring (bicyclic) bond motifs is 3. The highest BCUT2D eigenvalue weighted by molar-refractivity contribution is 7.90. The molecular formula is C22H28N4O3S. The quantitative estimate of drug-likeness (QED) is 0.782. The number of amides is 1. The van der Waals surface area contributed by atoms with Gasteiger partial charge in [-0.15, -0.1) is 0 Å². The van der Waals surface area contributed by atoms with E-state index in [0.717, 1.165) is 44.2 Å². The minimum atomic E-state index is -3.21. The summed E-state index contributed by atoms with van der Waals surface area (Å²) in [6.45, 7) is 0. The molecule has 0 radical (unpaired) electrons. The highest BCUT2D eigenvalue weighted by atomic mass is 32.2. The van der Waals surface area contributed by atoms with Gasteiger partial charge >= 0.3 is 0 Å². The minimum Gasteiger partial charge on any atom is -0.366 e. The van der Waals surface area contributed by atoms with Crippen LogP contribution in [0.3, 0.4) is 0 Å². The van der Waals surface area contributed by atoms with Crippen molar-refractivity contribution in [3.05, 3.63) is 24.3 Å². The minimum absolute atomic E-state index is 0.0399. The summed E-state index contributed by atoms with van der Waals surface area (Å²) in [6, 6.07) is 9.43. The number of likely N-dealkylation sites (tertiary alicyclic amines) is 1. The average Bonchev–Trinajstić information content (AvgIpc) is 3.31. The molecule has 2 N–H and O–H groups in total. The molecule has 3 aliphatic heterocycles. The normalized spacial score (nSPS) is 35.6. The second kappa shape index (κ2) is 6.96. The van der Waals surface area contributed by atoms with Gasteiger partial charge in [0.15, 0.2) is 9.84 Å². The number of carbonyl (C=O) groups is 1. The molecule has 5 rings (SSSR count). The van der Waals surface area contributed by atoms with Crippen LogP contribution in [0.4, 0.5) is 5.69 Å². The fourth-order valence-electron chi connectivity index (χ4n) is 6.06.